The number of carbonyl (C=O) groups excluding carboxylic acids is 2. The molecule has 2 aromatic carbocycles. The Hall–Kier alpha value is -2.95. The van der Waals surface area contributed by atoms with E-state index in [9.17, 15) is 9.59 Å². The number of benzene rings is 2. The molecule has 0 amide bonds. The van der Waals surface area contributed by atoms with Crippen molar-refractivity contribution in [1.82, 2.24) is 0 Å². The molecule has 0 aliphatic rings. The molecule has 0 saturated carbocycles. The van der Waals surface area contributed by atoms with Gasteiger partial charge in [0.2, 0.25) is 5.71 Å². The van der Waals surface area contributed by atoms with Crippen molar-refractivity contribution in [2.75, 3.05) is 0 Å². The molecule has 1 N–H and O–H groups in total. The molecule has 5 heteroatoms. The summed E-state index contributed by atoms with van der Waals surface area (Å²) in [4.78, 5) is 23.2. The largest absolute Gasteiger partial charge is 0.456 e. The van der Waals surface area contributed by atoms with E-state index in [2.05, 4.69) is 0 Å². The highest BCUT2D eigenvalue weighted by atomic mass is 16.6. The minimum Gasteiger partial charge on any atom is -0.456 e. The van der Waals surface area contributed by atoms with Gasteiger partial charge in [-0.2, -0.15) is 0 Å². The molecule has 0 radical (unpaired) electrons. The summed E-state index contributed by atoms with van der Waals surface area (Å²) in [6.45, 7) is 0.0159. The van der Waals surface area contributed by atoms with Gasteiger partial charge in [0, 0.05) is 0 Å². The smallest absolute Gasteiger partial charge is 0.364 e. The summed E-state index contributed by atoms with van der Waals surface area (Å²) in [7, 11) is 0. The zero-order chi connectivity index (χ0) is 15.8. The van der Waals surface area contributed by atoms with Gasteiger partial charge in [0.1, 0.15) is 13.2 Å². The molecule has 0 heterocycles. The lowest BCUT2D eigenvalue weighted by Gasteiger charge is -2.07. The van der Waals surface area contributed by atoms with E-state index in [-0.39, 0.29) is 13.2 Å². The topological polar surface area (TPSA) is 76.5 Å². The van der Waals surface area contributed by atoms with Gasteiger partial charge in [-0.1, -0.05) is 60.7 Å². The van der Waals surface area contributed by atoms with E-state index in [0.717, 1.165) is 11.1 Å². The normalized spacial score (nSPS) is 9.82. The second-order valence-electron chi connectivity index (χ2n) is 4.50. The van der Waals surface area contributed by atoms with Crippen LogP contribution >= 0.6 is 0 Å². The fraction of sp³-hybridized carbons (Fsp3) is 0.118. The van der Waals surface area contributed by atoms with Crippen LogP contribution in [0.1, 0.15) is 11.1 Å². The molecule has 5 nitrogen and oxygen atoms in total. The Kier molecular flexibility index (Phi) is 5.43. The zero-order valence-corrected chi connectivity index (χ0v) is 11.8. The van der Waals surface area contributed by atoms with Crippen LogP contribution in [0.2, 0.25) is 0 Å². The predicted octanol–water partition coefficient (Wildman–Crippen LogP) is 2.49. The van der Waals surface area contributed by atoms with Crippen LogP contribution in [0.3, 0.4) is 0 Å². The number of ether oxygens (including phenoxy) is 2. The van der Waals surface area contributed by atoms with E-state index in [1.165, 1.54) is 0 Å². The lowest BCUT2D eigenvalue weighted by Crippen LogP contribution is -2.27. The predicted molar refractivity (Wildman–Crippen MR) is 80.2 cm³/mol. The third kappa shape index (κ3) is 4.56. The summed E-state index contributed by atoms with van der Waals surface area (Å²) in [5.41, 5.74) is 0.745. The lowest BCUT2D eigenvalue weighted by molar-refractivity contribution is -0.142. The number of esters is 2. The van der Waals surface area contributed by atoms with Gasteiger partial charge in [-0.15, -0.1) is 0 Å². The molecular weight excluding hydrogens is 282 g/mol. The average molecular weight is 297 g/mol. The van der Waals surface area contributed by atoms with E-state index < -0.39 is 17.7 Å². The summed E-state index contributed by atoms with van der Waals surface area (Å²) in [6, 6.07) is 18.0. The molecule has 2 aromatic rings. The molecule has 0 aromatic heterocycles. The van der Waals surface area contributed by atoms with E-state index in [1.807, 2.05) is 36.4 Å². The first-order chi connectivity index (χ1) is 10.7. The van der Waals surface area contributed by atoms with Crippen molar-refractivity contribution >= 4 is 17.7 Å². The summed E-state index contributed by atoms with van der Waals surface area (Å²) >= 11 is 0. The second-order valence-corrected chi connectivity index (χ2v) is 4.50. The van der Waals surface area contributed by atoms with Crippen molar-refractivity contribution in [3.05, 3.63) is 71.8 Å². The van der Waals surface area contributed by atoms with Crippen molar-refractivity contribution in [3.63, 3.8) is 0 Å². The summed E-state index contributed by atoms with van der Waals surface area (Å²) in [5, 5.41) is 7.48. The molecule has 0 atom stereocenters. The molecule has 0 aliphatic carbocycles. The number of hydrogen-bond donors (Lipinski definition) is 1. The number of carbonyl (C=O) groups is 2. The van der Waals surface area contributed by atoms with Crippen LogP contribution < -0.4 is 0 Å². The first kappa shape index (κ1) is 15.4. The molecule has 0 fully saturated rings. The first-order valence-electron chi connectivity index (χ1n) is 6.67. The Balaban J connectivity index is 1.80. The molecule has 0 saturated heterocycles. The minimum atomic E-state index is -0.998. The summed E-state index contributed by atoms with van der Waals surface area (Å²) in [6.07, 6.45) is 0. The minimum absolute atomic E-state index is 0.00795. The Morgan fingerprint density at radius 1 is 0.727 bits per heavy atom. The van der Waals surface area contributed by atoms with Gasteiger partial charge in [-0.05, 0) is 11.1 Å². The van der Waals surface area contributed by atoms with Crippen LogP contribution in [0.15, 0.2) is 60.7 Å². The standard InChI is InChI=1S/C17H15NO4/c18-15(16(19)21-11-13-7-3-1-4-8-13)17(20)22-12-14-9-5-2-6-10-14/h1-10,18H,11-12H2. The Labute approximate surface area is 128 Å². The van der Waals surface area contributed by atoms with Crippen molar-refractivity contribution in [2.24, 2.45) is 0 Å². The van der Waals surface area contributed by atoms with Crippen molar-refractivity contribution in [2.45, 2.75) is 13.2 Å². The molecule has 112 valence electrons. The first-order valence-corrected chi connectivity index (χ1v) is 6.67. The van der Waals surface area contributed by atoms with Crippen LogP contribution in [0.25, 0.3) is 0 Å². The second kappa shape index (κ2) is 7.73. The van der Waals surface area contributed by atoms with Crippen molar-refractivity contribution < 1.29 is 19.1 Å². The highest BCUT2D eigenvalue weighted by Crippen LogP contribution is 2.03. The van der Waals surface area contributed by atoms with Crippen LogP contribution in [-0.4, -0.2) is 17.7 Å². The van der Waals surface area contributed by atoms with Crippen LogP contribution in [0, 0.1) is 5.41 Å². The van der Waals surface area contributed by atoms with E-state index in [0.29, 0.717) is 0 Å². The molecule has 2 rings (SSSR count). The summed E-state index contributed by atoms with van der Waals surface area (Å²) < 4.78 is 9.80. The average Bonchev–Trinajstić information content (AvgIpc) is 2.58. The highest BCUT2D eigenvalue weighted by molar-refractivity contribution is 6.61. The number of nitrogens with one attached hydrogen (secondary N) is 1. The quantitative estimate of drug-likeness (QED) is 0.505. The summed E-state index contributed by atoms with van der Waals surface area (Å²) in [5.74, 6) is -2.00. The van der Waals surface area contributed by atoms with Crippen LogP contribution in [0.5, 0.6) is 0 Å². The zero-order valence-electron chi connectivity index (χ0n) is 11.8. The van der Waals surface area contributed by atoms with Gasteiger partial charge >= 0.3 is 11.9 Å². The molecule has 0 unspecified atom stereocenters. The Bertz CT molecular complexity index is 595. The van der Waals surface area contributed by atoms with Gasteiger partial charge in [0.05, 0.1) is 0 Å². The monoisotopic (exact) mass is 297 g/mol. The van der Waals surface area contributed by atoms with Crippen LogP contribution in [0.4, 0.5) is 0 Å². The molecular formula is C17H15NO4. The van der Waals surface area contributed by atoms with E-state index in [1.54, 1.807) is 24.3 Å². The van der Waals surface area contributed by atoms with Gasteiger partial charge in [-0.25, -0.2) is 9.59 Å². The van der Waals surface area contributed by atoms with Crippen molar-refractivity contribution in [3.8, 4) is 0 Å². The fourth-order valence-corrected chi connectivity index (χ4v) is 1.67. The molecule has 0 aliphatic heterocycles. The number of hydrogen-bond acceptors (Lipinski definition) is 5. The van der Waals surface area contributed by atoms with Crippen molar-refractivity contribution in [1.29, 1.82) is 5.41 Å². The van der Waals surface area contributed by atoms with E-state index >= 15 is 0 Å². The highest BCUT2D eigenvalue weighted by Gasteiger charge is 2.21. The molecule has 0 spiro atoms. The van der Waals surface area contributed by atoms with E-state index in [4.69, 9.17) is 14.9 Å². The SMILES string of the molecule is N=C(C(=O)OCc1ccccc1)C(=O)OCc1ccccc1. The Morgan fingerprint density at radius 2 is 1.09 bits per heavy atom. The fourth-order valence-electron chi connectivity index (χ4n) is 1.67. The van der Waals surface area contributed by atoms with Gasteiger partial charge in [0.15, 0.2) is 0 Å². The third-order valence-electron chi connectivity index (χ3n) is 2.83. The van der Waals surface area contributed by atoms with Gasteiger partial charge in [0.25, 0.3) is 0 Å². The maximum atomic E-state index is 11.6. The lowest BCUT2D eigenvalue weighted by atomic mass is 10.2. The molecule has 22 heavy (non-hydrogen) atoms. The van der Waals surface area contributed by atoms with Gasteiger partial charge in [-0.3, -0.25) is 5.41 Å². The van der Waals surface area contributed by atoms with Crippen LogP contribution in [-0.2, 0) is 32.3 Å². The Morgan fingerprint density at radius 3 is 1.45 bits per heavy atom. The maximum Gasteiger partial charge on any atom is 0.364 e. The maximum absolute atomic E-state index is 11.6. The van der Waals surface area contributed by atoms with Gasteiger partial charge < -0.3 is 9.47 Å². The third-order valence-corrected chi connectivity index (χ3v) is 2.83. The number of rotatable bonds is 6. The molecule has 0 bridgehead atoms.